The average molecular weight is 298 g/mol. The van der Waals surface area contributed by atoms with Crippen LogP contribution in [0.1, 0.15) is 27.8 Å². The molecule has 1 aromatic heterocycles. The molecule has 8 heteroatoms. The van der Waals surface area contributed by atoms with E-state index >= 15 is 0 Å². The number of carboxylic acid groups (broad SMARTS) is 1. The number of carbonyl (C=O) groups is 2. The van der Waals surface area contributed by atoms with E-state index in [-0.39, 0.29) is 29.3 Å². The number of hydrogen-bond acceptors (Lipinski definition) is 5. The van der Waals surface area contributed by atoms with Gasteiger partial charge in [-0.1, -0.05) is 0 Å². The second-order valence-corrected chi connectivity index (χ2v) is 6.90. The van der Waals surface area contributed by atoms with Gasteiger partial charge in [-0.05, 0) is 19.1 Å². The summed E-state index contributed by atoms with van der Waals surface area (Å²) in [6.45, 7) is 1.68. The Labute approximate surface area is 116 Å². The summed E-state index contributed by atoms with van der Waals surface area (Å²) in [5.41, 5.74) is -0.343. The van der Waals surface area contributed by atoms with Crippen LogP contribution in [0, 0.1) is 0 Å². The fourth-order valence-corrected chi connectivity index (χ4v) is 3.74. The summed E-state index contributed by atoms with van der Waals surface area (Å²) in [6.07, 6.45) is 1.34. The van der Waals surface area contributed by atoms with Crippen molar-refractivity contribution in [2.45, 2.75) is 13.0 Å². The molecule has 20 heavy (non-hydrogen) atoms. The molecular formula is C12H14N2O5S. The molecule has 0 spiro atoms. The van der Waals surface area contributed by atoms with Crippen molar-refractivity contribution < 1.29 is 23.1 Å². The van der Waals surface area contributed by atoms with Gasteiger partial charge in [-0.15, -0.1) is 0 Å². The fourth-order valence-electron chi connectivity index (χ4n) is 2.18. The minimum absolute atomic E-state index is 0.0535. The van der Waals surface area contributed by atoms with E-state index in [1.165, 1.54) is 23.2 Å². The predicted octanol–water partition coefficient (Wildman–Crippen LogP) is 0.0389. The largest absolute Gasteiger partial charge is 0.478 e. The first-order valence-electron chi connectivity index (χ1n) is 6.01. The Morgan fingerprint density at radius 2 is 2.15 bits per heavy atom. The third kappa shape index (κ3) is 2.79. The normalized spacial score (nSPS) is 21.4. The number of hydrogen-bond donors (Lipinski definition) is 1. The van der Waals surface area contributed by atoms with Crippen LogP contribution in [0.4, 0.5) is 0 Å². The molecular weight excluding hydrogens is 284 g/mol. The molecule has 1 unspecified atom stereocenters. The van der Waals surface area contributed by atoms with Gasteiger partial charge in [0.25, 0.3) is 5.91 Å². The first-order chi connectivity index (χ1) is 9.32. The molecule has 1 amide bonds. The van der Waals surface area contributed by atoms with Gasteiger partial charge in [-0.3, -0.25) is 9.78 Å². The summed E-state index contributed by atoms with van der Waals surface area (Å²) in [5.74, 6) is -2.02. The standard InChI is InChI=1S/C12H14N2O5S/c1-8-7-20(18,19)6-5-14(8)11(15)10-9(12(16)17)3-2-4-13-10/h2-4,8H,5-7H2,1H3,(H,16,17). The van der Waals surface area contributed by atoms with E-state index in [0.717, 1.165) is 0 Å². The quantitative estimate of drug-likeness (QED) is 0.826. The number of carbonyl (C=O) groups excluding carboxylic acids is 1. The van der Waals surface area contributed by atoms with E-state index in [4.69, 9.17) is 5.11 Å². The van der Waals surface area contributed by atoms with Gasteiger partial charge in [-0.2, -0.15) is 0 Å². The van der Waals surface area contributed by atoms with Crippen LogP contribution >= 0.6 is 0 Å². The summed E-state index contributed by atoms with van der Waals surface area (Å²) in [7, 11) is -3.14. The Kier molecular flexibility index (Phi) is 3.76. The zero-order valence-electron chi connectivity index (χ0n) is 10.8. The molecule has 0 aromatic carbocycles. The van der Waals surface area contributed by atoms with Crippen molar-refractivity contribution in [1.82, 2.24) is 9.88 Å². The van der Waals surface area contributed by atoms with Gasteiger partial charge >= 0.3 is 5.97 Å². The second-order valence-electron chi connectivity index (χ2n) is 4.67. The number of nitrogens with zero attached hydrogens (tertiary/aromatic N) is 2. The predicted molar refractivity (Wildman–Crippen MR) is 70.3 cm³/mol. The lowest BCUT2D eigenvalue weighted by atomic mass is 10.1. The maximum Gasteiger partial charge on any atom is 0.338 e. The van der Waals surface area contributed by atoms with E-state index in [2.05, 4.69) is 4.98 Å². The molecule has 1 aromatic rings. The summed E-state index contributed by atoms with van der Waals surface area (Å²) < 4.78 is 23.0. The molecule has 7 nitrogen and oxygen atoms in total. The van der Waals surface area contributed by atoms with Crippen molar-refractivity contribution in [3.63, 3.8) is 0 Å². The Hall–Kier alpha value is -1.96. The van der Waals surface area contributed by atoms with Gasteiger partial charge < -0.3 is 10.0 Å². The van der Waals surface area contributed by atoms with E-state index in [1.807, 2.05) is 0 Å². The van der Waals surface area contributed by atoms with Crippen molar-refractivity contribution in [1.29, 1.82) is 0 Å². The molecule has 0 saturated carbocycles. The minimum Gasteiger partial charge on any atom is -0.478 e. The zero-order chi connectivity index (χ0) is 14.9. The fraction of sp³-hybridized carbons (Fsp3) is 0.417. The Morgan fingerprint density at radius 3 is 2.75 bits per heavy atom. The van der Waals surface area contributed by atoms with Crippen LogP contribution in [0.5, 0.6) is 0 Å². The smallest absolute Gasteiger partial charge is 0.338 e. The first-order valence-corrected chi connectivity index (χ1v) is 7.83. The molecule has 108 valence electrons. The van der Waals surface area contributed by atoms with E-state index in [9.17, 15) is 18.0 Å². The average Bonchev–Trinajstić information content (AvgIpc) is 2.37. The summed E-state index contributed by atoms with van der Waals surface area (Å²) in [6, 6.07) is 2.24. The van der Waals surface area contributed by atoms with Crippen molar-refractivity contribution in [3.8, 4) is 0 Å². The van der Waals surface area contributed by atoms with Gasteiger partial charge in [0.2, 0.25) is 0 Å². The van der Waals surface area contributed by atoms with Crippen LogP contribution in [-0.2, 0) is 9.84 Å². The molecule has 0 aliphatic carbocycles. The van der Waals surface area contributed by atoms with Crippen LogP contribution < -0.4 is 0 Å². The SMILES string of the molecule is CC1CS(=O)(=O)CCN1C(=O)c1ncccc1C(=O)O. The zero-order valence-corrected chi connectivity index (χ0v) is 11.6. The molecule has 1 atom stereocenters. The molecule has 1 N–H and O–H groups in total. The minimum atomic E-state index is -3.14. The van der Waals surface area contributed by atoms with Crippen LogP contribution in [0.3, 0.4) is 0 Å². The number of carboxylic acids is 1. The number of rotatable bonds is 2. The lowest BCUT2D eigenvalue weighted by molar-refractivity contribution is 0.0656. The van der Waals surface area contributed by atoms with Gasteiger partial charge in [0, 0.05) is 18.8 Å². The number of sulfone groups is 1. The molecule has 1 saturated heterocycles. The number of aromatic carboxylic acids is 1. The lowest BCUT2D eigenvalue weighted by Crippen LogP contribution is -2.50. The Bertz CT molecular complexity index is 656. The van der Waals surface area contributed by atoms with E-state index in [1.54, 1.807) is 6.92 Å². The number of aromatic nitrogens is 1. The summed E-state index contributed by atoms with van der Waals surface area (Å²) >= 11 is 0. The van der Waals surface area contributed by atoms with Crippen LogP contribution in [0.15, 0.2) is 18.3 Å². The third-order valence-corrected chi connectivity index (χ3v) is 4.97. The van der Waals surface area contributed by atoms with Crippen molar-refractivity contribution >= 4 is 21.7 Å². The molecule has 0 bridgehead atoms. The van der Waals surface area contributed by atoms with Crippen LogP contribution in [-0.4, -0.2) is 59.4 Å². The highest BCUT2D eigenvalue weighted by Gasteiger charge is 2.33. The van der Waals surface area contributed by atoms with E-state index < -0.39 is 27.8 Å². The van der Waals surface area contributed by atoms with Gasteiger partial charge in [-0.25, -0.2) is 13.2 Å². The highest BCUT2D eigenvalue weighted by Crippen LogP contribution is 2.16. The lowest BCUT2D eigenvalue weighted by Gasteiger charge is -2.33. The van der Waals surface area contributed by atoms with Gasteiger partial charge in [0.1, 0.15) is 5.69 Å². The topological polar surface area (TPSA) is 105 Å². The number of pyridine rings is 1. The van der Waals surface area contributed by atoms with Crippen LogP contribution in [0.2, 0.25) is 0 Å². The number of amides is 1. The Balaban J connectivity index is 2.31. The molecule has 1 aliphatic heterocycles. The maximum atomic E-state index is 12.4. The highest BCUT2D eigenvalue weighted by atomic mass is 32.2. The molecule has 0 radical (unpaired) electrons. The molecule has 1 fully saturated rings. The highest BCUT2D eigenvalue weighted by molar-refractivity contribution is 7.91. The molecule has 2 rings (SSSR count). The summed E-state index contributed by atoms with van der Waals surface area (Å²) in [4.78, 5) is 28.6. The van der Waals surface area contributed by atoms with Gasteiger partial charge in [0.15, 0.2) is 9.84 Å². The van der Waals surface area contributed by atoms with E-state index in [0.29, 0.717) is 0 Å². The molecule has 2 heterocycles. The molecule has 1 aliphatic rings. The summed E-state index contributed by atoms with van der Waals surface area (Å²) in [5, 5.41) is 9.06. The van der Waals surface area contributed by atoms with Gasteiger partial charge in [0.05, 0.1) is 17.1 Å². The first kappa shape index (κ1) is 14.4. The Morgan fingerprint density at radius 1 is 1.45 bits per heavy atom. The van der Waals surface area contributed by atoms with Crippen LogP contribution in [0.25, 0.3) is 0 Å². The second kappa shape index (κ2) is 5.20. The maximum absolute atomic E-state index is 12.4. The van der Waals surface area contributed by atoms with Crippen molar-refractivity contribution in [2.75, 3.05) is 18.1 Å². The third-order valence-electron chi connectivity index (χ3n) is 3.17. The van der Waals surface area contributed by atoms with Crippen molar-refractivity contribution in [3.05, 3.63) is 29.6 Å². The monoisotopic (exact) mass is 298 g/mol. The van der Waals surface area contributed by atoms with Crippen molar-refractivity contribution in [2.24, 2.45) is 0 Å².